The Morgan fingerprint density at radius 2 is 1.24 bits per heavy atom. The van der Waals surface area contributed by atoms with Gasteiger partial charge >= 0.3 is 24.0 Å². The zero-order valence-corrected chi connectivity index (χ0v) is 39.8. The molecule has 0 bridgehead atoms. The molecular weight excluding hydrogens is 945 g/mol. The lowest BCUT2D eigenvalue weighted by Crippen LogP contribution is -2.37. The maximum Gasteiger partial charge on any atom is 0.407 e. The van der Waals surface area contributed by atoms with E-state index in [1.165, 1.54) is 37.3 Å². The van der Waals surface area contributed by atoms with E-state index in [1.807, 2.05) is 36.4 Å². The second-order valence-corrected chi connectivity index (χ2v) is 17.6. The molecular formula is C53H47F2NO12S2. The van der Waals surface area contributed by atoms with Crippen LogP contribution in [0.3, 0.4) is 0 Å². The van der Waals surface area contributed by atoms with Gasteiger partial charge in [0, 0.05) is 37.7 Å². The summed E-state index contributed by atoms with van der Waals surface area (Å²) in [6.45, 7) is 13.1. The first-order valence-electron chi connectivity index (χ1n) is 21.7. The minimum absolute atomic E-state index is 0.0165. The fraction of sp³-hybridized carbons (Fsp3) is 0.208. The molecule has 0 aliphatic rings. The number of esters is 3. The van der Waals surface area contributed by atoms with E-state index in [0.717, 1.165) is 33.2 Å². The molecule has 1 amide bonds. The number of rotatable bonds is 19. The topological polar surface area (TPSA) is 170 Å². The van der Waals surface area contributed by atoms with Gasteiger partial charge in [0.15, 0.2) is 17.0 Å². The largest absolute Gasteiger partial charge is 0.488 e. The molecule has 1 unspecified atom stereocenters. The van der Waals surface area contributed by atoms with Gasteiger partial charge in [-0.3, -0.25) is 14.4 Å². The van der Waals surface area contributed by atoms with Crippen molar-refractivity contribution in [3.05, 3.63) is 171 Å². The minimum atomic E-state index is -1.13. The molecule has 70 heavy (non-hydrogen) atoms. The van der Waals surface area contributed by atoms with Crippen LogP contribution >= 0.6 is 22.7 Å². The van der Waals surface area contributed by atoms with Gasteiger partial charge in [-0.05, 0) is 86.0 Å². The first-order chi connectivity index (χ1) is 33.6. The normalized spacial score (nSPS) is 11.2. The number of benzene rings is 5. The van der Waals surface area contributed by atoms with Crippen LogP contribution in [0, 0.1) is 11.6 Å². The summed E-state index contributed by atoms with van der Waals surface area (Å²) in [5.74, 6) is -2.38. The molecule has 0 saturated carbocycles. The molecule has 2 heterocycles. The predicted octanol–water partition coefficient (Wildman–Crippen LogP) is 10.4. The molecule has 0 aliphatic carbocycles. The third-order valence-electron chi connectivity index (χ3n) is 10.1. The van der Waals surface area contributed by atoms with Crippen molar-refractivity contribution in [1.29, 1.82) is 0 Å². The average Bonchev–Trinajstić information content (AvgIpc) is 3.35. The Bertz CT molecular complexity index is 3260. The minimum Gasteiger partial charge on any atom is -0.488 e. The summed E-state index contributed by atoms with van der Waals surface area (Å²) in [5.41, 5.74) is 1.63. The van der Waals surface area contributed by atoms with Crippen LogP contribution in [0.25, 0.3) is 46.4 Å². The van der Waals surface area contributed by atoms with Crippen LogP contribution < -0.4 is 25.6 Å². The van der Waals surface area contributed by atoms with Crippen molar-refractivity contribution in [2.45, 2.75) is 39.4 Å². The van der Waals surface area contributed by atoms with Crippen LogP contribution in [0.4, 0.5) is 13.6 Å². The molecule has 7 rings (SSSR count). The van der Waals surface area contributed by atoms with Crippen LogP contribution in [0.5, 0.6) is 11.5 Å². The fourth-order valence-corrected chi connectivity index (χ4v) is 8.87. The maximum absolute atomic E-state index is 14.7. The van der Waals surface area contributed by atoms with Crippen LogP contribution in [-0.4, -0.2) is 63.1 Å². The van der Waals surface area contributed by atoms with Gasteiger partial charge in [-0.25, -0.2) is 23.2 Å². The first kappa shape index (κ1) is 51.6. The van der Waals surface area contributed by atoms with Crippen molar-refractivity contribution >= 4 is 93.1 Å². The number of hydrogen-bond acceptors (Lipinski definition) is 14. The molecule has 7 aromatic rings. The number of ether oxygens (including phenoxy) is 6. The van der Waals surface area contributed by atoms with Crippen LogP contribution in [0.1, 0.15) is 37.8 Å². The Balaban J connectivity index is 0.000000260. The van der Waals surface area contributed by atoms with E-state index in [-0.39, 0.29) is 77.0 Å². The van der Waals surface area contributed by atoms with E-state index in [4.69, 9.17) is 28.4 Å². The van der Waals surface area contributed by atoms with Gasteiger partial charge in [-0.15, -0.1) is 22.7 Å². The second kappa shape index (κ2) is 24.5. The van der Waals surface area contributed by atoms with Gasteiger partial charge < -0.3 is 33.7 Å². The number of hydrogen-bond donors (Lipinski definition) is 1. The number of halogens is 2. The molecule has 13 nitrogen and oxygen atoms in total. The van der Waals surface area contributed by atoms with Crippen LogP contribution in [-0.2, 0) is 39.9 Å². The van der Waals surface area contributed by atoms with Crippen molar-refractivity contribution in [2.24, 2.45) is 0 Å². The van der Waals surface area contributed by atoms with Crippen molar-refractivity contribution in [3.8, 4) is 11.5 Å². The molecule has 2 aromatic heterocycles. The summed E-state index contributed by atoms with van der Waals surface area (Å²) in [7, 11) is 0. The van der Waals surface area contributed by atoms with E-state index in [1.54, 1.807) is 48.5 Å². The number of carbonyl (C=O) groups excluding carboxylic acids is 4. The lowest BCUT2D eigenvalue weighted by molar-refractivity contribution is -0.148. The lowest BCUT2D eigenvalue weighted by Gasteiger charge is -2.19. The van der Waals surface area contributed by atoms with Crippen LogP contribution in [0.2, 0.25) is 0 Å². The molecule has 0 radical (unpaired) electrons. The van der Waals surface area contributed by atoms with Crippen molar-refractivity contribution in [2.75, 3.05) is 33.0 Å². The summed E-state index contributed by atoms with van der Waals surface area (Å²) in [4.78, 5) is 73.4. The Morgan fingerprint density at radius 1 is 0.686 bits per heavy atom. The molecule has 17 heteroatoms. The quantitative estimate of drug-likeness (QED) is 0.0268. The molecule has 5 aromatic carbocycles. The molecule has 0 aliphatic heterocycles. The number of alkyl carbamates (subject to hydrolysis) is 1. The Morgan fingerprint density at radius 3 is 1.81 bits per heavy atom. The van der Waals surface area contributed by atoms with Gasteiger partial charge in [0.2, 0.25) is 0 Å². The third kappa shape index (κ3) is 13.5. The maximum atomic E-state index is 14.7. The van der Waals surface area contributed by atoms with Crippen molar-refractivity contribution in [1.82, 2.24) is 5.32 Å². The number of fused-ring (bicyclic) bond motifs is 4. The van der Waals surface area contributed by atoms with Crippen molar-refractivity contribution < 1.29 is 56.4 Å². The van der Waals surface area contributed by atoms with E-state index in [2.05, 4.69) is 25.1 Å². The Labute approximate surface area is 408 Å². The fourth-order valence-electron chi connectivity index (χ4n) is 6.55. The first-order valence-corrected chi connectivity index (χ1v) is 23.3. The van der Waals surface area contributed by atoms with E-state index >= 15 is 0 Å². The van der Waals surface area contributed by atoms with Gasteiger partial charge in [0.1, 0.15) is 49.6 Å². The number of carbonyl (C=O) groups is 4. The second-order valence-electron chi connectivity index (χ2n) is 15.5. The van der Waals surface area contributed by atoms with Gasteiger partial charge in [-0.1, -0.05) is 68.3 Å². The molecule has 362 valence electrons. The van der Waals surface area contributed by atoms with Crippen LogP contribution in [0.15, 0.2) is 138 Å². The van der Waals surface area contributed by atoms with Crippen molar-refractivity contribution in [3.63, 3.8) is 0 Å². The number of nitrogens with one attached hydrogen (secondary N) is 1. The molecule has 0 fully saturated rings. The Hall–Kier alpha value is -7.76. The lowest BCUT2D eigenvalue weighted by atomic mass is 10.1. The van der Waals surface area contributed by atoms with E-state index < -0.39 is 53.8 Å². The summed E-state index contributed by atoms with van der Waals surface area (Å²) < 4.78 is 63.6. The SMILES string of the molecule is C=C(C)C(=O)OCCCC(=O)OCC(COc1ccc(F)c2c(=O)c3ccccc3sc12)OC(=O)NCCOC(=O)C(=C)C.C=Cc1cccc(COc2ccc(F)c3c(=O)c4ccccc4sc23)c1. The average molecular weight is 992 g/mol. The third-order valence-corrected chi connectivity index (χ3v) is 12.4. The summed E-state index contributed by atoms with van der Waals surface area (Å²) >= 11 is 2.53. The zero-order chi connectivity index (χ0) is 50.3. The highest BCUT2D eigenvalue weighted by molar-refractivity contribution is 7.25. The Kier molecular flexibility index (Phi) is 18.1. The molecule has 1 N–H and O–H groups in total. The monoisotopic (exact) mass is 991 g/mol. The predicted molar refractivity (Wildman–Crippen MR) is 267 cm³/mol. The molecule has 0 saturated heterocycles. The zero-order valence-electron chi connectivity index (χ0n) is 38.1. The van der Waals surface area contributed by atoms with Gasteiger partial charge in [0.25, 0.3) is 0 Å². The summed E-state index contributed by atoms with van der Waals surface area (Å²) in [6, 6.07) is 27.2. The molecule has 0 spiro atoms. The highest BCUT2D eigenvalue weighted by Gasteiger charge is 2.21. The summed E-state index contributed by atoms with van der Waals surface area (Å²) in [5, 5.41) is 3.26. The van der Waals surface area contributed by atoms with Gasteiger partial charge in [-0.2, -0.15) is 0 Å². The van der Waals surface area contributed by atoms with E-state index in [0.29, 0.717) is 32.5 Å². The highest BCUT2D eigenvalue weighted by atomic mass is 32.1. The standard InChI is InChI=1S/C31H32FNO10S.C22H15FO2S/c1-18(2)29(36)39-14-7-10-25(34)42-17-20(43-31(38)33-13-15-40-30(37)19(3)4)16-41-23-12-11-22(32)26-27(35)21-8-5-6-9-24(21)44-28(23)26;1-2-14-6-5-7-15(12-14)13-25-18-11-10-17(23)20-21(24)16-8-3-4-9-19(16)26-22(18)20/h5-6,8-9,11-12,20H,1,3,7,10,13-17H2,2,4H3,(H,33,38);2-12H,1,13H2. The number of amides is 1. The van der Waals surface area contributed by atoms with E-state index in [9.17, 15) is 37.5 Å². The smallest absolute Gasteiger partial charge is 0.407 e. The summed E-state index contributed by atoms with van der Waals surface area (Å²) in [6.07, 6.45) is -0.157. The highest BCUT2D eigenvalue weighted by Crippen LogP contribution is 2.35. The van der Waals surface area contributed by atoms with Gasteiger partial charge in [0.05, 0.1) is 33.3 Å². The molecule has 1 atom stereocenters.